The number of carbonyl (C=O) groups excluding carboxylic acids is 1. The molecule has 1 heterocycles. The molecule has 1 aliphatic heterocycles. The highest BCUT2D eigenvalue weighted by molar-refractivity contribution is 7.89. The van der Waals surface area contributed by atoms with E-state index in [9.17, 15) is 18.3 Å². The molecule has 8 heteroatoms. The molecule has 0 aromatic heterocycles. The van der Waals surface area contributed by atoms with Gasteiger partial charge in [0.2, 0.25) is 15.9 Å². The van der Waals surface area contributed by atoms with Crippen molar-refractivity contribution in [2.75, 3.05) is 26.7 Å². The van der Waals surface area contributed by atoms with Crippen LogP contribution in [0.4, 0.5) is 0 Å². The molecule has 1 saturated carbocycles. The molecule has 0 bridgehead atoms. The highest BCUT2D eigenvalue weighted by Gasteiger charge is 2.38. The van der Waals surface area contributed by atoms with Crippen LogP contribution in [0, 0.1) is 29.6 Å². The van der Waals surface area contributed by atoms with E-state index in [4.69, 9.17) is 4.74 Å². The third kappa shape index (κ3) is 6.53. The van der Waals surface area contributed by atoms with E-state index in [-0.39, 0.29) is 35.6 Å². The first-order valence-electron chi connectivity index (χ1n) is 12.2. The van der Waals surface area contributed by atoms with Crippen molar-refractivity contribution >= 4 is 15.9 Å². The highest BCUT2D eigenvalue weighted by atomic mass is 32.2. The molecular formula is C26H38N2O5S. The zero-order valence-corrected chi connectivity index (χ0v) is 21.8. The lowest BCUT2D eigenvalue weighted by Crippen LogP contribution is -2.50. The van der Waals surface area contributed by atoms with Crippen molar-refractivity contribution in [1.29, 1.82) is 0 Å². The number of rotatable bonds is 7. The lowest BCUT2D eigenvalue weighted by molar-refractivity contribution is -0.131. The minimum atomic E-state index is -3.89. The Bertz CT molecular complexity index is 1040. The number of hydrogen-bond acceptors (Lipinski definition) is 5. The number of nitrogens with zero attached hydrogens (tertiary/aromatic N) is 2. The quantitative estimate of drug-likeness (QED) is 0.594. The van der Waals surface area contributed by atoms with Crippen LogP contribution in [0.2, 0.25) is 0 Å². The van der Waals surface area contributed by atoms with Gasteiger partial charge in [-0.2, -0.15) is 4.31 Å². The van der Waals surface area contributed by atoms with Gasteiger partial charge in [-0.15, -0.1) is 0 Å². The van der Waals surface area contributed by atoms with E-state index < -0.39 is 22.2 Å². The molecule has 0 spiro atoms. The van der Waals surface area contributed by atoms with E-state index in [1.54, 1.807) is 31.0 Å². The number of likely N-dealkylation sites (N-methyl/N-ethyl adjacent to an activating group) is 1. The molecule has 2 aliphatic rings. The van der Waals surface area contributed by atoms with Crippen LogP contribution in [0.5, 0.6) is 5.75 Å². The Morgan fingerprint density at radius 2 is 2.00 bits per heavy atom. The molecule has 1 aliphatic carbocycles. The molecule has 1 fully saturated rings. The minimum absolute atomic E-state index is 0.0612. The van der Waals surface area contributed by atoms with Gasteiger partial charge >= 0.3 is 0 Å². The monoisotopic (exact) mass is 490 g/mol. The topological polar surface area (TPSA) is 87.2 Å². The zero-order chi connectivity index (χ0) is 25.0. The van der Waals surface area contributed by atoms with Gasteiger partial charge in [0.1, 0.15) is 16.7 Å². The number of aliphatic hydroxyl groups excluding tert-OH is 1. The maximum absolute atomic E-state index is 13.5. The van der Waals surface area contributed by atoms with Crippen molar-refractivity contribution in [3.05, 3.63) is 23.8 Å². The van der Waals surface area contributed by atoms with E-state index in [1.165, 1.54) is 10.4 Å². The standard InChI is InChI=1S/C26H38N2O5S/c1-18(2)7-6-8-21-11-12-25-23(13-21)33-24(16-27(5)26(30)14-22-9-10-22)19(3)15-28(20(4)17-29)34(25,31)32/h11-13,18-20,22,24,29H,7,9-10,14-17H2,1-5H3/t19-,20+,24-/m0/s1. The van der Waals surface area contributed by atoms with Gasteiger partial charge in [0.15, 0.2) is 0 Å². The second-order valence-electron chi connectivity index (χ2n) is 10.2. The second kappa shape index (κ2) is 11.1. The average Bonchev–Trinajstić information content (AvgIpc) is 3.59. The summed E-state index contributed by atoms with van der Waals surface area (Å²) in [6.45, 7) is 8.06. The van der Waals surface area contributed by atoms with Gasteiger partial charge in [-0.05, 0) is 49.8 Å². The van der Waals surface area contributed by atoms with Gasteiger partial charge in [0.05, 0.1) is 13.2 Å². The van der Waals surface area contributed by atoms with Crippen LogP contribution in [-0.2, 0) is 14.8 Å². The molecule has 7 nitrogen and oxygen atoms in total. The molecule has 188 valence electrons. The normalized spacial score (nSPS) is 23.0. The fraction of sp³-hybridized carbons (Fsp3) is 0.654. The average molecular weight is 491 g/mol. The molecule has 3 rings (SSSR count). The lowest BCUT2D eigenvalue weighted by atomic mass is 10.0. The molecule has 0 saturated heterocycles. The van der Waals surface area contributed by atoms with Crippen LogP contribution in [0.3, 0.4) is 0 Å². The maximum Gasteiger partial charge on any atom is 0.247 e. The summed E-state index contributed by atoms with van der Waals surface area (Å²) >= 11 is 0. The summed E-state index contributed by atoms with van der Waals surface area (Å²) in [7, 11) is -2.12. The van der Waals surface area contributed by atoms with Crippen LogP contribution in [0.1, 0.15) is 58.9 Å². The second-order valence-corrected chi connectivity index (χ2v) is 12.1. The SMILES string of the molecule is CC(C)CC#Cc1ccc2c(c1)O[C@@H](CN(C)C(=O)CC1CC1)[C@@H](C)CN([C@H](C)CO)S2(=O)=O. The van der Waals surface area contributed by atoms with E-state index in [2.05, 4.69) is 25.7 Å². The largest absolute Gasteiger partial charge is 0.487 e. The number of aliphatic hydroxyl groups is 1. The number of carbonyl (C=O) groups is 1. The molecule has 0 unspecified atom stereocenters. The lowest BCUT2D eigenvalue weighted by Gasteiger charge is -2.37. The van der Waals surface area contributed by atoms with E-state index >= 15 is 0 Å². The Labute approximate surface area is 204 Å². The Balaban J connectivity index is 1.97. The molecular weight excluding hydrogens is 452 g/mol. The van der Waals surface area contributed by atoms with Crippen LogP contribution < -0.4 is 4.74 Å². The summed E-state index contributed by atoms with van der Waals surface area (Å²) in [4.78, 5) is 14.4. The van der Waals surface area contributed by atoms with Crippen molar-refractivity contribution in [3.8, 4) is 17.6 Å². The van der Waals surface area contributed by atoms with E-state index in [0.29, 0.717) is 30.4 Å². The molecule has 1 aromatic rings. The zero-order valence-electron chi connectivity index (χ0n) is 21.0. The predicted octanol–water partition coefficient (Wildman–Crippen LogP) is 3.11. The number of sulfonamides is 1. The van der Waals surface area contributed by atoms with Gasteiger partial charge in [-0.3, -0.25) is 4.79 Å². The van der Waals surface area contributed by atoms with Gasteiger partial charge in [-0.1, -0.05) is 32.6 Å². The van der Waals surface area contributed by atoms with Gasteiger partial charge < -0.3 is 14.7 Å². The number of amides is 1. The summed E-state index contributed by atoms with van der Waals surface area (Å²) in [5.74, 6) is 7.29. The predicted molar refractivity (Wildman–Crippen MR) is 132 cm³/mol. The molecule has 1 N–H and O–H groups in total. The van der Waals surface area contributed by atoms with Crippen LogP contribution in [0.25, 0.3) is 0 Å². The first kappa shape index (κ1) is 26.5. The third-order valence-electron chi connectivity index (χ3n) is 6.45. The van der Waals surface area contributed by atoms with E-state index in [0.717, 1.165) is 19.3 Å². The van der Waals surface area contributed by atoms with Crippen LogP contribution in [0.15, 0.2) is 23.1 Å². The minimum Gasteiger partial charge on any atom is -0.487 e. The highest BCUT2D eigenvalue weighted by Crippen LogP contribution is 2.35. The first-order valence-corrected chi connectivity index (χ1v) is 13.6. The first-order chi connectivity index (χ1) is 16.0. The number of hydrogen-bond donors (Lipinski definition) is 1. The molecule has 34 heavy (non-hydrogen) atoms. The maximum atomic E-state index is 13.5. The van der Waals surface area contributed by atoms with Crippen molar-refractivity contribution < 1.29 is 23.1 Å². The Morgan fingerprint density at radius 1 is 1.29 bits per heavy atom. The van der Waals surface area contributed by atoms with Crippen molar-refractivity contribution in [2.45, 2.75) is 70.4 Å². The number of ether oxygens (including phenoxy) is 1. The van der Waals surface area contributed by atoms with Gasteiger partial charge in [0.25, 0.3) is 0 Å². The summed E-state index contributed by atoms with van der Waals surface area (Å²) in [5.41, 5.74) is 0.682. The van der Waals surface area contributed by atoms with Crippen molar-refractivity contribution in [1.82, 2.24) is 9.21 Å². The van der Waals surface area contributed by atoms with Crippen molar-refractivity contribution in [2.24, 2.45) is 17.8 Å². The summed E-state index contributed by atoms with van der Waals surface area (Å²) in [6.07, 6.45) is 3.10. The number of benzene rings is 1. The molecule has 1 amide bonds. The van der Waals surface area contributed by atoms with Crippen LogP contribution in [-0.4, -0.2) is 67.5 Å². The Kier molecular flexibility index (Phi) is 8.66. The number of fused-ring (bicyclic) bond motifs is 1. The Hall–Kier alpha value is -2.08. The summed E-state index contributed by atoms with van der Waals surface area (Å²) in [5, 5.41) is 9.77. The van der Waals surface area contributed by atoms with Crippen molar-refractivity contribution in [3.63, 3.8) is 0 Å². The Morgan fingerprint density at radius 3 is 2.62 bits per heavy atom. The molecule has 0 radical (unpaired) electrons. The van der Waals surface area contributed by atoms with Gasteiger partial charge in [-0.25, -0.2) is 8.42 Å². The van der Waals surface area contributed by atoms with Gasteiger partial charge in [0, 0.05) is 44.0 Å². The third-order valence-corrected chi connectivity index (χ3v) is 8.47. The fourth-order valence-electron chi connectivity index (χ4n) is 3.97. The summed E-state index contributed by atoms with van der Waals surface area (Å²) in [6, 6.07) is 4.33. The molecule has 3 atom stereocenters. The smallest absolute Gasteiger partial charge is 0.247 e. The van der Waals surface area contributed by atoms with Crippen LogP contribution >= 0.6 is 0 Å². The van der Waals surface area contributed by atoms with E-state index in [1.807, 2.05) is 6.92 Å². The molecule has 1 aromatic carbocycles. The summed E-state index contributed by atoms with van der Waals surface area (Å²) < 4.78 is 34.7. The fourth-order valence-corrected chi connectivity index (χ4v) is 5.80.